The molecule has 0 unspecified atom stereocenters. The minimum atomic E-state index is -4.20. The highest BCUT2D eigenvalue weighted by atomic mass is 32.2. The van der Waals surface area contributed by atoms with Gasteiger partial charge in [-0.3, -0.25) is 4.79 Å². The van der Waals surface area contributed by atoms with Crippen molar-refractivity contribution in [3.05, 3.63) is 29.8 Å². The standard InChI is InChI=1S/C19H23F3N2O2S/c1-27-15-6-4-14(5-7-15)16-13-18(26-23-16)9-11-24(12-10-18)17(25)3-2-8-19(20,21)22/h4-7H,2-3,8-13H2,1H3. The van der Waals surface area contributed by atoms with Crippen molar-refractivity contribution in [2.75, 3.05) is 19.3 Å². The number of halogens is 3. The molecule has 0 saturated carbocycles. The molecule has 1 aromatic rings. The minimum Gasteiger partial charge on any atom is -0.388 e. The van der Waals surface area contributed by atoms with E-state index in [9.17, 15) is 18.0 Å². The Morgan fingerprint density at radius 3 is 2.52 bits per heavy atom. The second-order valence-corrected chi connectivity index (χ2v) is 7.95. The molecule has 8 heteroatoms. The summed E-state index contributed by atoms with van der Waals surface area (Å²) in [5.41, 5.74) is 1.55. The maximum Gasteiger partial charge on any atom is 0.389 e. The lowest BCUT2D eigenvalue weighted by Crippen LogP contribution is -2.46. The van der Waals surface area contributed by atoms with Crippen LogP contribution in [0.25, 0.3) is 0 Å². The van der Waals surface area contributed by atoms with Gasteiger partial charge >= 0.3 is 6.18 Å². The van der Waals surface area contributed by atoms with Crippen LogP contribution in [-0.4, -0.2) is 47.6 Å². The molecule has 0 aliphatic carbocycles. The smallest absolute Gasteiger partial charge is 0.388 e. The maximum atomic E-state index is 12.2. The number of nitrogens with zero attached hydrogens (tertiary/aromatic N) is 2. The van der Waals surface area contributed by atoms with E-state index in [0.29, 0.717) is 32.4 Å². The van der Waals surface area contributed by atoms with Gasteiger partial charge in [0.05, 0.1) is 5.71 Å². The van der Waals surface area contributed by atoms with Gasteiger partial charge in [0.25, 0.3) is 0 Å². The van der Waals surface area contributed by atoms with Crippen molar-refractivity contribution in [3.63, 3.8) is 0 Å². The van der Waals surface area contributed by atoms with E-state index in [1.54, 1.807) is 16.7 Å². The van der Waals surface area contributed by atoms with Gasteiger partial charge in [-0.25, -0.2) is 0 Å². The van der Waals surface area contributed by atoms with E-state index in [0.717, 1.165) is 11.3 Å². The van der Waals surface area contributed by atoms with Crippen LogP contribution in [0.4, 0.5) is 13.2 Å². The molecule has 1 aromatic carbocycles. The molecule has 0 bridgehead atoms. The van der Waals surface area contributed by atoms with Crippen LogP contribution >= 0.6 is 11.8 Å². The number of oxime groups is 1. The third kappa shape index (κ3) is 5.18. The summed E-state index contributed by atoms with van der Waals surface area (Å²) in [7, 11) is 0. The molecule has 1 amide bonds. The average molecular weight is 400 g/mol. The van der Waals surface area contributed by atoms with Gasteiger partial charge in [-0.2, -0.15) is 13.2 Å². The highest BCUT2D eigenvalue weighted by Crippen LogP contribution is 2.36. The summed E-state index contributed by atoms with van der Waals surface area (Å²) in [5.74, 6) is -0.208. The van der Waals surface area contributed by atoms with Crippen molar-refractivity contribution < 1.29 is 22.8 Å². The van der Waals surface area contributed by atoms with Gasteiger partial charge in [0.15, 0.2) is 0 Å². The number of carbonyl (C=O) groups excluding carboxylic acids is 1. The maximum absolute atomic E-state index is 12.2. The molecular weight excluding hydrogens is 377 g/mol. The Balaban J connectivity index is 1.48. The lowest BCUT2D eigenvalue weighted by molar-refractivity contribution is -0.142. The molecule has 2 aliphatic heterocycles. The van der Waals surface area contributed by atoms with Gasteiger partial charge in [-0.05, 0) is 30.4 Å². The summed E-state index contributed by atoms with van der Waals surface area (Å²) in [6.45, 7) is 0.998. The van der Waals surface area contributed by atoms with Gasteiger partial charge in [0.2, 0.25) is 5.91 Å². The fraction of sp³-hybridized carbons (Fsp3) is 0.579. The number of amides is 1. The average Bonchev–Trinajstić information content (AvgIpc) is 3.05. The van der Waals surface area contributed by atoms with Crippen molar-refractivity contribution in [1.82, 2.24) is 4.90 Å². The fourth-order valence-electron chi connectivity index (χ4n) is 3.49. The van der Waals surface area contributed by atoms with Crippen molar-refractivity contribution in [2.24, 2.45) is 5.16 Å². The fourth-order valence-corrected chi connectivity index (χ4v) is 3.90. The van der Waals surface area contributed by atoms with E-state index in [2.05, 4.69) is 17.3 Å². The zero-order valence-electron chi connectivity index (χ0n) is 15.2. The van der Waals surface area contributed by atoms with E-state index in [-0.39, 0.29) is 18.7 Å². The third-order valence-electron chi connectivity index (χ3n) is 5.14. The lowest BCUT2D eigenvalue weighted by atomic mass is 9.85. The van der Waals surface area contributed by atoms with Gasteiger partial charge in [-0.1, -0.05) is 17.3 Å². The number of hydrogen-bond donors (Lipinski definition) is 0. The van der Waals surface area contributed by atoms with Crippen LogP contribution in [0.15, 0.2) is 34.3 Å². The van der Waals surface area contributed by atoms with E-state index in [4.69, 9.17) is 4.84 Å². The van der Waals surface area contributed by atoms with Crippen LogP contribution in [0, 0.1) is 0 Å². The molecule has 2 heterocycles. The number of carbonyl (C=O) groups is 1. The first-order chi connectivity index (χ1) is 12.8. The highest BCUT2D eigenvalue weighted by Gasteiger charge is 2.43. The zero-order chi connectivity index (χ0) is 19.5. The van der Waals surface area contributed by atoms with Gasteiger partial charge in [0.1, 0.15) is 5.60 Å². The number of benzene rings is 1. The van der Waals surface area contributed by atoms with Gasteiger partial charge in [-0.15, -0.1) is 11.8 Å². The summed E-state index contributed by atoms with van der Waals surface area (Å²) in [6, 6.07) is 8.17. The number of alkyl halides is 3. The molecule has 0 atom stereocenters. The first-order valence-corrected chi connectivity index (χ1v) is 10.3. The monoisotopic (exact) mass is 400 g/mol. The second kappa shape index (κ2) is 8.12. The molecule has 3 rings (SSSR count). The number of likely N-dealkylation sites (tertiary alicyclic amines) is 1. The molecule has 4 nitrogen and oxygen atoms in total. The van der Waals surface area contributed by atoms with Crippen LogP contribution in [-0.2, 0) is 9.63 Å². The van der Waals surface area contributed by atoms with Crippen LogP contribution < -0.4 is 0 Å². The predicted octanol–water partition coefficient (Wildman–Crippen LogP) is 4.63. The predicted molar refractivity (Wildman–Crippen MR) is 98.9 cm³/mol. The summed E-state index contributed by atoms with van der Waals surface area (Å²) in [5, 5.41) is 4.27. The first kappa shape index (κ1) is 20.0. The topological polar surface area (TPSA) is 41.9 Å². The van der Waals surface area contributed by atoms with E-state index in [1.807, 2.05) is 18.4 Å². The minimum absolute atomic E-state index is 0.0586. The number of rotatable bonds is 5. The molecule has 0 N–H and O–H groups in total. The Bertz CT molecular complexity index is 696. The molecule has 1 spiro atoms. The van der Waals surface area contributed by atoms with Gasteiger partial charge in [0, 0.05) is 50.1 Å². The van der Waals surface area contributed by atoms with Crippen molar-refractivity contribution in [1.29, 1.82) is 0 Å². The highest BCUT2D eigenvalue weighted by molar-refractivity contribution is 7.98. The third-order valence-corrected chi connectivity index (χ3v) is 5.88. The molecular formula is C19H23F3N2O2S. The van der Waals surface area contributed by atoms with Crippen LogP contribution in [0.3, 0.4) is 0 Å². The van der Waals surface area contributed by atoms with Crippen molar-refractivity contribution in [2.45, 2.75) is 55.2 Å². The molecule has 0 aromatic heterocycles. The van der Waals surface area contributed by atoms with Crippen molar-refractivity contribution in [3.8, 4) is 0 Å². The zero-order valence-corrected chi connectivity index (χ0v) is 16.0. The molecule has 0 radical (unpaired) electrons. The van der Waals surface area contributed by atoms with E-state index >= 15 is 0 Å². The SMILES string of the molecule is CSc1ccc(C2=NOC3(CCN(C(=O)CCCC(F)(F)F)CC3)C2)cc1. The molecule has 1 fully saturated rings. The quantitative estimate of drug-likeness (QED) is 0.677. The normalized spacial score (nSPS) is 19.1. The molecule has 1 saturated heterocycles. The molecule has 148 valence electrons. The molecule has 27 heavy (non-hydrogen) atoms. The Morgan fingerprint density at radius 1 is 1.26 bits per heavy atom. The lowest BCUT2D eigenvalue weighted by Gasteiger charge is -2.37. The van der Waals surface area contributed by atoms with Crippen LogP contribution in [0.5, 0.6) is 0 Å². The Kier molecular flexibility index (Phi) is 6.03. The summed E-state index contributed by atoms with van der Waals surface area (Å²) in [6.07, 6.45) is -1.31. The first-order valence-electron chi connectivity index (χ1n) is 9.04. The molecule has 2 aliphatic rings. The van der Waals surface area contributed by atoms with Crippen LogP contribution in [0.1, 0.15) is 44.1 Å². The largest absolute Gasteiger partial charge is 0.389 e. The van der Waals surface area contributed by atoms with Crippen molar-refractivity contribution >= 4 is 23.4 Å². The second-order valence-electron chi connectivity index (χ2n) is 7.07. The van der Waals surface area contributed by atoms with E-state index < -0.39 is 18.2 Å². The number of hydrogen-bond acceptors (Lipinski definition) is 4. The number of piperidine rings is 1. The Labute approximate surface area is 161 Å². The summed E-state index contributed by atoms with van der Waals surface area (Å²) < 4.78 is 36.6. The Morgan fingerprint density at radius 2 is 1.93 bits per heavy atom. The van der Waals surface area contributed by atoms with Crippen LogP contribution in [0.2, 0.25) is 0 Å². The Hall–Kier alpha value is -1.70. The summed E-state index contributed by atoms with van der Waals surface area (Å²) in [4.78, 5) is 20.7. The number of thioether (sulfide) groups is 1. The van der Waals surface area contributed by atoms with Gasteiger partial charge < -0.3 is 9.74 Å². The summed E-state index contributed by atoms with van der Waals surface area (Å²) >= 11 is 1.68. The van der Waals surface area contributed by atoms with E-state index in [1.165, 1.54) is 4.90 Å².